The number of urea groups is 1. The molecule has 5 rings (SSSR count). The standard InChI is InChI=1S/C34H40Cl2N6O6/c1-34(2,3)38(4)33(47)48-19-18-42-30(44)25(24-9-7-10-26(35)29(24)36)20-40(32(42)46)21-28(43)39-15-13-23(14-16-39)41-17-12-22-8-5-6-11-27(22)37-31(41)45/h5-11,20,23H,12-19,21H2,1-4H3,(H,37,45). The normalized spacial score (nSPS) is 15.4. The number of likely N-dealkylation sites (tertiary alicyclic amines) is 1. The number of ether oxygens (including phenoxy) is 1. The third kappa shape index (κ3) is 7.55. The minimum atomic E-state index is -0.730. The van der Waals surface area contributed by atoms with Gasteiger partial charge in [0.2, 0.25) is 5.91 Å². The molecule has 0 atom stereocenters. The maximum atomic E-state index is 13.6. The summed E-state index contributed by atoms with van der Waals surface area (Å²) in [6, 6.07) is 12.4. The quantitative estimate of drug-likeness (QED) is 0.373. The van der Waals surface area contributed by atoms with E-state index < -0.39 is 22.9 Å². The zero-order valence-electron chi connectivity index (χ0n) is 27.5. The highest BCUT2D eigenvalue weighted by Gasteiger charge is 2.32. The van der Waals surface area contributed by atoms with Crippen molar-refractivity contribution < 1.29 is 19.1 Å². The second kappa shape index (κ2) is 14.4. The Morgan fingerprint density at radius 2 is 1.69 bits per heavy atom. The van der Waals surface area contributed by atoms with E-state index in [4.69, 9.17) is 27.9 Å². The second-order valence-electron chi connectivity index (χ2n) is 13.0. The SMILES string of the molecule is CN(C(=O)OCCn1c(=O)c(-c2cccc(Cl)c2Cl)cn(CC(=O)N2CCC(N3CCc4ccccc4NC3=O)CC2)c1=O)C(C)(C)C. The van der Waals surface area contributed by atoms with Crippen LogP contribution in [0.5, 0.6) is 0 Å². The first-order valence-electron chi connectivity index (χ1n) is 15.9. The molecule has 1 fully saturated rings. The van der Waals surface area contributed by atoms with Gasteiger partial charge in [0.25, 0.3) is 5.56 Å². The molecule has 0 bridgehead atoms. The van der Waals surface area contributed by atoms with Crippen LogP contribution in [0.25, 0.3) is 11.1 Å². The van der Waals surface area contributed by atoms with Gasteiger partial charge in [0.1, 0.15) is 13.2 Å². The molecule has 0 radical (unpaired) electrons. The number of carbonyl (C=O) groups is 3. The number of halogens is 2. The van der Waals surface area contributed by atoms with Crippen molar-refractivity contribution in [1.29, 1.82) is 0 Å². The van der Waals surface area contributed by atoms with Crippen LogP contribution in [0.2, 0.25) is 10.0 Å². The summed E-state index contributed by atoms with van der Waals surface area (Å²) in [6.45, 7) is 6.10. The molecule has 2 aliphatic rings. The van der Waals surface area contributed by atoms with Gasteiger partial charge in [-0.25, -0.2) is 14.4 Å². The number of nitrogens with zero attached hydrogens (tertiary/aromatic N) is 5. The lowest BCUT2D eigenvalue weighted by atomic mass is 10.0. The van der Waals surface area contributed by atoms with Crippen molar-refractivity contribution in [3.8, 4) is 11.1 Å². The molecule has 48 heavy (non-hydrogen) atoms. The number of nitrogens with one attached hydrogen (secondary N) is 1. The lowest BCUT2D eigenvalue weighted by molar-refractivity contribution is -0.133. The van der Waals surface area contributed by atoms with Gasteiger partial charge in [-0.1, -0.05) is 53.5 Å². The molecule has 2 aliphatic heterocycles. The van der Waals surface area contributed by atoms with E-state index in [9.17, 15) is 24.0 Å². The average molecular weight is 700 g/mol. The van der Waals surface area contributed by atoms with E-state index in [1.807, 2.05) is 49.9 Å². The molecule has 3 aromatic rings. The lowest BCUT2D eigenvalue weighted by Gasteiger charge is -2.38. The Morgan fingerprint density at radius 1 is 0.979 bits per heavy atom. The van der Waals surface area contributed by atoms with Crippen molar-refractivity contribution in [2.24, 2.45) is 0 Å². The molecule has 1 N–H and O–H groups in total. The van der Waals surface area contributed by atoms with Crippen molar-refractivity contribution in [2.75, 3.05) is 38.6 Å². The molecule has 0 unspecified atom stereocenters. The van der Waals surface area contributed by atoms with E-state index in [0.29, 0.717) is 38.0 Å². The van der Waals surface area contributed by atoms with Gasteiger partial charge in [-0.05, 0) is 57.7 Å². The van der Waals surface area contributed by atoms with Crippen LogP contribution in [-0.4, -0.2) is 86.7 Å². The second-order valence-corrected chi connectivity index (χ2v) is 13.8. The minimum absolute atomic E-state index is 0.0374. The van der Waals surface area contributed by atoms with Crippen LogP contribution in [0, 0.1) is 0 Å². The Bertz CT molecular complexity index is 1830. The van der Waals surface area contributed by atoms with E-state index in [2.05, 4.69) is 5.32 Å². The van der Waals surface area contributed by atoms with Crippen LogP contribution in [0.3, 0.4) is 0 Å². The highest BCUT2D eigenvalue weighted by molar-refractivity contribution is 6.43. The fourth-order valence-corrected chi connectivity index (χ4v) is 6.27. The summed E-state index contributed by atoms with van der Waals surface area (Å²) < 4.78 is 7.48. The number of fused-ring (bicyclic) bond motifs is 1. The van der Waals surface area contributed by atoms with Crippen LogP contribution in [0.15, 0.2) is 58.3 Å². The Labute approximate surface area is 288 Å². The first kappa shape index (κ1) is 35.0. The smallest absolute Gasteiger partial charge is 0.409 e. The monoisotopic (exact) mass is 698 g/mol. The Balaban J connectivity index is 1.32. The number of hydrogen-bond acceptors (Lipinski definition) is 6. The highest BCUT2D eigenvalue weighted by atomic mass is 35.5. The third-order valence-electron chi connectivity index (χ3n) is 9.00. The summed E-state index contributed by atoms with van der Waals surface area (Å²) in [5, 5.41) is 3.35. The third-order valence-corrected chi connectivity index (χ3v) is 9.82. The lowest BCUT2D eigenvalue weighted by Crippen LogP contribution is -2.51. The molecule has 1 aromatic heterocycles. The van der Waals surface area contributed by atoms with Crippen molar-refractivity contribution in [1.82, 2.24) is 23.8 Å². The molecular formula is C34H40Cl2N6O6. The maximum Gasteiger partial charge on any atom is 0.409 e. The van der Waals surface area contributed by atoms with E-state index in [1.54, 1.807) is 30.1 Å². The van der Waals surface area contributed by atoms with Crippen LogP contribution >= 0.6 is 23.2 Å². The molecule has 4 amide bonds. The van der Waals surface area contributed by atoms with Gasteiger partial charge in [0, 0.05) is 55.7 Å². The Kier molecular flexibility index (Phi) is 10.5. The maximum absolute atomic E-state index is 13.6. The molecule has 14 heteroatoms. The van der Waals surface area contributed by atoms with Crippen molar-refractivity contribution in [3.63, 3.8) is 0 Å². The number of para-hydroxylation sites is 1. The van der Waals surface area contributed by atoms with Crippen molar-refractivity contribution in [3.05, 3.63) is 85.1 Å². The molecule has 0 aliphatic carbocycles. The zero-order chi connectivity index (χ0) is 34.7. The molecule has 3 heterocycles. The fourth-order valence-electron chi connectivity index (χ4n) is 5.87. The predicted molar refractivity (Wildman–Crippen MR) is 185 cm³/mol. The van der Waals surface area contributed by atoms with Gasteiger partial charge in [0.05, 0.1) is 22.2 Å². The topological polar surface area (TPSA) is 126 Å². The van der Waals surface area contributed by atoms with E-state index in [1.165, 1.54) is 15.7 Å². The number of anilines is 1. The van der Waals surface area contributed by atoms with Crippen LogP contribution in [0.1, 0.15) is 39.2 Å². The first-order chi connectivity index (χ1) is 22.8. The van der Waals surface area contributed by atoms with Crippen LogP contribution in [-0.2, 0) is 29.0 Å². The number of piperidine rings is 1. The number of carbonyl (C=O) groups excluding carboxylic acids is 3. The summed E-state index contributed by atoms with van der Waals surface area (Å²) in [7, 11) is 1.60. The summed E-state index contributed by atoms with van der Waals surface area (Å²) in [4.78, 5) is 71.3. The fraction of sp³-hybridized carbons (Fsp3) is 0.441. The van der Waals surface area contributed by atoms with Crippen molar-refractivity contribution in [2.45, 2.75) is 64.7 Å². The van der Waals surface area contributed by atoms with Crippen molar-refractivity contribution >= 4 is 46.9 Å². The number of rotatable bonds is 7. The number of benzene rings is 2. The van der Waals surface area contributed by atoms with Gasteiger partial charge in [-0.2, -0.15) is 0 Å². The van der Waals surface area contributed by atoms with Crippen LogP contribution < -0.4 is 16.6 Å². The molecule has 2 aromatic carbocycles. The summed E-state index contributed by atoms with van der Waals surface area (Å²) in [6.07, 6.45) is 2.62. The van der Waals surface area contributed by atoms with Gasteiger partial charge in [-0.15, -0.1) is 0 Å². The molecule has 0 spiro atoms. The summed E-state index contributed by atoms with van der Waals surface area (Å²) in [5.74, 6) is -0.310. The largest absolute Gasteiger partial charge is 0.448 e. The summed E-state index contributed by atoms with van der Waals surface area (Å²) >= 11 is 12.7. The average Bonchev–Trinajstić information content (AvgIpc) is 3.22. The van der Waals surface area contributed by atoms with Gasteiger partial charge < -0.3 is 24.8 Å². The van der Waals surface area contributed by atoms with E-state index >= 15 is 0 Å². The van der Waals surface area contributed by atoms with Gasteiger partial charge in [-0.3, -0.25) is 18.7 Å². The van der Waals surface area contributed by atoms with Crippen LogP contribution in [0.4, 0.5) is 15.3 Å². The molecule has 1 saturated heterocycles. The number of amides is 4. The van der Waals surface area contributed by atoms with Gasteiger partial charge in [0.15, 0.2) is 0 Å². The molecule has 256 valence electrons. The van der Waals surface area contributed by atoms with E-state index in [0.717, 1.165) is 22.2 Å². The minimum Gasteiger partial charge on any atom is -0.448 e. The summed E-state index contributed by atoms with van der Waals surface area (Å²) in [5.41, 5.74) is 0.384. The molecule has 12 nitrogen and oxygen atoms in total. The van der Waals surface area contributed by atoms with E-state index in [-0.39, 0.29) is 53.3 Å². The predicted octanol–water partition coefficient (Wildman–Crippen LogP) is 4.93. The molecular weight excluding hydrogens is 659 g/mol. The van der Waals surface area contributed by atoms with Gasteiger partial charge >= 0.3 is 17.8 Å². The number of hydrogen-bond donors (Lipinski definition) is 1. The Hall–Kier alpha value is -4.29. The molecule has 0 saturated carbocycles. The zero-order valence-corrected chi connectivity index (χ0v) is 29.0. The number of aromatic nitrogens is 2. The Morgan fingerprint density at radius 3 is 2.40 bits per heavy atom. The highest BCUT2D eigenvalue weighted by Crippen LogP contribution is 2.32. The first-order valence-corrected chi connectivity index (χ1v) is 16.6.